The number of fused-ring (bicyclic) bond motifs is 13. The van der Waals surface area contributed by atoms with Crippen molar-refractivity contribution in [1.82, 2.24) is 4.57 Å². The molecule has 78 heavy (non-hydrogen) atoms. The Kier molecular flexibility index (Phi) is 11.1. The van der Waals surface area contributed by atoms with Crippen LogP contribution in [-0.2, 0) is 18.3 Å². The molecule has 3 nitrogen and oxygen atoms in total. The van der Waals surface area contributed by atoms with E-state index in [1.807, 2.05) is 22.7 Å². The van der Waals surface area contributed by atoms with Crippen LogP contribution in [-0.4, -0.2) is 11.3 Å². The third-order valence-corrected chi connectivity index (χ3v) is 19.4. The van der Waals surface area contributed by atoms with E-state index in [1.54, 1.807) is 0 Å². The summed E-state index contributed by atoms with van der Waals surface area (Å²) < 4.78 is 7.84. The molecule has 0 atom stereocenters. The normalized spacial score (nSPS) is 13.2. The summed E-state index contributed by atoms with van der Waals surface area (Å²) in [4.78, 5) is 5.45. The molecule has 6 heteroatoms. The van der Waals surface area contributed by atoms with Gasteiger partial charge in [-0.05, 0) is 154 Å². The van der Waals surface area contributed by atoms with Gasteiger partial charge in [-0.15, -0.1) is 22.7 Å². The van der Waals surface area contributed by atoms with Crippen LogP contribution in [0.4, 0.5) is 34.1 Å². The first-order valence-electron chi connectivity index (χ1n) is 28.2. The molecule has 0 spiro atoms. The minimum Gasteiger partial charge on any atom is -0.311 e. The van der Waals surface area contributed by atoms with Gasteiger partial charge in [-0.3, -0.25) is 0 Å². The van der Waals surface area contributed by atoms with Crippen molar-refractivity contribution in [3.8, 4) is 16.8 Å². The van der Waals surface area contributed by atoms with Crippen molar-refractivity contribution in [2.45, 2.75) is 78.6 Å². The monoisotopic (exact) mass is 1040 g/mol. The van der Waals surface area contributed by atoms with Crippen molar-refractivity contribution in [3.05, 3.63) is 217 Å². The zero-order valence-corrected chi connectivity index (χ0v) is 46.7. The smallest absolute Gasteiger partial charge is 0.252 e. The van der Waals surface area contributed by atoms with Crippen molar-refractivity contribution >= 4 is 142 Å². The molecule has 3 aromatic heterocycles. The second kappa shape index (κ2) is 18.4. The quantitative estimate of drug-likeness (QED) is 0.127. The second-order valence-corrected chi connectivity index (χ2v) is 25.1. The van der Waals surface area contributed by atoms with Crippen molar-refractivity contribution in [1.29, 1.82) is 0 Å². The van der Waals surface area contributed by atoms with Crippen LogP contribution in [0.5, 0.6) is 0 Å². The average Bonchev–Trinajstić information content (AvgIpc) is 4.10. The fourth-order valence-electron chi connectivity index (χ4n) is 13.3. The number of nitrogens with zero attached hydrogens (tertiary/aromatic N) is 3. The summed E-state index contributed by atoms with van der Waals surface area (Å²) >= 11 is 3.85. The third kappa shape index (κ3) is 7.36. The van der Waals surface area contributed by atoms with Gasteiger partial charge in [0, 0.05) is 79.6 Å². The Bertz CT molecular complexity index is 4500. The molecular weight excluding hydrogens is 982 g/mol. The number of thiophene rings is 2. The zero-order chi connectivity index (χ0) is 52.4. The molecule has 0 fully saturated rings. The van der Waals surface area contributed by atoms with Crippen molar-refractivity contribution in [2.24, 2.45) is 0 Å². The lowest BCUT2D eigenvalue weighted by atomic mass is 9.33. The molecule has 378 valence electrons. The second-order valence-electron chi connectivity index (χ2n) is 22.9. The molecule has 10 aromatic carbocycles. The highest BCUT2D eigenvalue weighted by atomic mass is 32.1. The van der Waals surface area contributed by atoms with Gasteiger partial charge < -0.3 is 14.4 Å². The molecule has 15 rings (SSSR count). The van der Waals surface area contributed by atoms with E-state index in [2.05, 4.69) is 249 Å². The Labute approximate surface area is 465 Å². The van der Waals surface area contributed by atoms with E-state index in [0.717, 1.165) is 44.2 Å². The van der Waals surface area contributed by atoms with Crippen LogP contribution in [0.2, 0.25) is 0 Å². The molecule has 0 aliphatic carbocycles. The largest absolute Gasteiger partial charge is 0.311 e. The first kappa shape index (κ1) is 47.3. The molecule has 2 aliphatic rings. The fourth-order valence-corrected chi connectivity index (χ4v) is 15.5. The maximum absolute atomic E-state index is 2.74. The summed E-state index contributed by atoms with van der Waals surface area (Å²) in [7, 11) is 0. The minimum atomic E-state index is -0.165. The number of benzene rings is 10. The lowest BCUT2D eigenvalue weighted by Crippen LogP contribution is -2.61. The van der Waals surface area contributed by atoms with Crippen molar-refractivity contribution < 1.29 is 0 Å². The van der Waals surface area contributed by atoms with Gasteiger partial charge in [0.15, 0.2) is 0 Å². The number of hydrogen-bond donors (Lipinski definition) is 0. The third-order valence-electron chi connectivity index (χ3n) is 17.1. The van der Waals surface area contributed by atoms with E-state index in [-0.39, 0.29) is 12.1 Å². The summed E-state index contributed by atoms with van der Waals surface area (Å²) in [5, 5.41) is 7.95. The molecule has 0 unspecified atom stereocenters. The van der Waals surface area contributed by atoms with Crippen LogP contribution in [0.3, 0.4) is 0 Å². The molecule has 0 saturated heterocycles. The fraction of sp³-hybridized carbons (Fsp3) is 0.167. The van der Waals surface area contributed by atoms with Gasteiger partial charge in [0.2, 0.25) is 0 Å². The van der Waals surface area contributed by atoms with Gasteiger partial charge in [-0.1, -0.05) is 169 Å². The van der Waals surface area contributed by atoms with Crippen LogP contribution in [0.15, 0.2) is 200 Å². The lowest BCUT2D eigenvalue weighted by molar-refractivity contribution is 0.590. The Hall–Kier alpha value is -7.90. The van der Waals surface area contributed by atoms with Gasteiger partial charge in [0.25, 0.3) is 6.71 Å². The zero-order valence-electron chi connectivity index (χ0n) is 45.0. The van der Waals surface area contributed by atoms with Crippen LogP contribution >= 0.6 is 22.7 Å². The SMILES string of the molecule is CCCCc1cc2c(cc1N1c3ccc(-c4ccccc4)cc3B3c4ccc(-n5c6ccccc6c6ccccc65)cc4N(c4cc5sc6ccccc6c5cc4CCCC)c4cc(C(C)(C)C)cc1c43)sc1ccccc12. The molecular formula is C72H60BN3S2. The number of para-hydroxylation sites is 2. The molecule has 0 amide bonds. The summed E-state index contributed by atoms with van der Waals surface area (Å²) in [5.74, 6) is 0. The standard InChI is InChI=1S/C72H60BN3S2/c1-6-8-21-47-37-55-53-27-15-19-31-67(53)77-69(55)43-62(47)75-61-36-33-46(45-23-11-10-12-24-45)39-58(61)73-57-35-34-50(74-59-29-17-13-25-51(59)52-26-14-18-30-60(52)74)42-64(57)76(66-41-49(72(3,4)5)40-65(75)71(66)73)63-44-70-56(38-48(63)22-9-7-2)54-28-16-20-32-68(54)78-70/h10-20,23-44H,6-9,21-22H2,1-5H3. The first-order valence-corrected chi connectivity index (χ1v) is 29.9. The molecule has 2 aliphatic heterocycles. The number of anilines is 6. The van der Waals surface area contributed by atoms with E-state index in [0.29, 0.717) is 0 Å². The molecule has 13 aromatic rings. The number of aromatic nitrogens is 1. The van der Waals surface area contributed by atoms with E-state index >= 15 is 0 Å². The van der Waals surface area contributed by atoms with Crippen LogP contribution in [0.1, 0.15) is 77.0 Å². The summed E-state index contributed by atoms with van der Waals surface area (Å²) in [6.45, 7) is 11.8. The molecule has 5 heterocycles. The first-order chi connectivity index (χ1) is 38.2. The van der Waals surface area contributed by atoms with Crippen LogP contribution in [0, 0.1) is 0 Å². The van der Waals surface area contributed by atoms with Gasteiger partial charge in [0.1, 0.15) is 0 Å². The number of unbranched alkanes of at least 4 members (excludes halogenated alkanes) is 2. The van der Waals surface area contributed by atoms with Crippen LogP contribution < -0.4 is 26.2 Å². The predicted molar refractivity (Wildman–Crippen MR) is 342 cm³/mol. The predicted octanol–water partition coefficient (Wildman–Crippen LogP) is 19.3. The highest BCUT2D eigenvalue weighted by Crippen LogP contribution is 2.51. The number of rotatable bonds is 10. The molecule has 0 N–H and O–H groups in total. The van der Waals surface area contributed by atoms with E-state index in [1.165, 1.54) is 140 Å². The van der Waals surface area contributed by atoms with Gasteiger partial charge in [-0.2, -0.15) is 0 Å². The highest BCUT2D eigenvalue weighted by Gasteiger charge is 2.45. The maximum Gasteiger partial charge on any atom is 0.252 e. The Morgan fingerprint density at radius 3 is 1.49 bits per heavy atom. The topological polar surface area (TPSA) is 11.4 Å². The van der Waals surface area contributed by atoms with Gasteiger partial charge in [0.05, 0.1) is 22.4 Å². The summed E-state index contributed by atoms with van der Waals surface area (Å²) in [5.41, 5.74) is 21.7. The molecule has 0 bridgehead atoms. The Morgan fingerprint density at radius 2 is 0.923 bits per heavy atom. The van der Waals surface area contributed by atoms with Crippen LogP contribution in [0.25, 0.3) is 79.0 Å². The number of aryl methyl sites for hydroxylation is 2. The Balaban J connectivity index is 1.08. The van der Waals surface area contributed by atoms with E-state index in [9.17, 15) is 0 Å². The van der Waals surface area contributed by atoms with E-state index < -0.39 is 0 Å². The van der Waals surface area contributed by atoms with E-state index in [4.69, 9.17) is 0 Å². The molecule has 0 saturated carbocycles. The van der Waals surface area contributed by atoms with Gasteiger partial charge >= 0.3 is 0 Å². The van der Waals surface area contributed by atoms with Gasteiger partial charge in [-0.25, -0.2) is 0 Å². The Morgan fingerprint density at radius 1 is 0.397 bits per heavy atom. The maximum atomic E-state index is 2.74. The van der Waals surface area contributed by atoms with Crippen molar-refractivity contribution in [2.75, 3.05) is 9.80 Å². The highest BCUT2D eigenvalue weighted by molar-refractivity contribution is 7.26. The number of hydrogen-bond acceptors (Lipinski definition) is 4. The average molecular weight is 1040 g/mol. The summed E-state index contributed by atoms with van der Waals surface area (Å²) in [6.07, 6.45) is 6.46. The lowest BCUT2D eigenvalue weighted by Gasteiger charge is -2.46. The van der Waals surface area contributed by atoms with Crippen molar-refractivity contribution in [3.63, 3.8) is 0 Å². The molecule has 0 radical (unpaired) electrons. The minimum absolute atomic E-state index is 0.0586. The summed E-state index contributed by atoms with van der Waals surface area (Å²) in [6, 6.07) is 77.2.